The lowest BCUT2D eigenvalue weighted by Crippen LogP contribution is -2.41. The van der Waals surface area contributed by atoms with Crippen LogP contribution in [0.15, 0.2) is 41.3 Å². The van der Waals surface area contributed by atoms with Gasteiger partial charge >= 0.3 is 14.2 Å². The number of nitrogens with one attached hydrogen (secondary N) is 1. The molecular weight excluding hydrogens is 412 g/mol. The Labute approximate surface area is 200 Å². The van der Waals surface area contributed by atoms with E-state index in [-0.39, 0.29) is 36.6 Å². The molecule has 1 aromatic rings. The molecule has 0 spiro atoms. The molecule has 5 nitrogen and oxygen atoms in total. The van der Waals surface area contributed by atoms with Gasteiger partial charge in [-0.15, -0.1) is 0 Å². The average molecular weight is 451 g/mol. The van der Waals surface area contributed by atoms with E-state index in [1.165, 1.54) is 16.5 Å². The maximum absolute atomic E-state index is 6.55. The highest BCUT2D eigenvalue weighted by molar-refractivity contribution is 6.62. The zero-order valence-electron chi connectivity index (χ0n) is 21.5. The van der Waals surface area contributed by atoms with Crippen LogP contribution < -0.4 is 5.32 Å². The maximum atomic E-state index is 6.55. The van der Waals surface area contributed by atoms with Crippen LogP contribution in [0.1, 0.15) is 86.3 Å². The normalized spacial score (nSPS) is 34.1. The molecule has 3 aliphatic heterocycles. The highest BCUT2D eigenvalue weighted by Crippen LogP contribution is 2.49. The van der Waals surface area contributed by atoms with Crippen molar-refractivity contribution in [3.05, 3.63) is 46.8 Å². The summed E-state index contributed by atoms with van der Waals surface area (Å²) in [7, 11) is -0.733. The monoisotopic (exact) mass is 451 g/mol. The van der Waals surface area contributed by atoms with E-state index in [0.29, 0.717) is 18.0 Å². The minimum atomic E-state index is -0.377. The van der Waals surface area contributed by atoms with Crippen LogP contribution in [0.3, 0.4) is 0 Å². The lowest BCUT2D eigenvalue weighted by molar-refractivity contribution is 0.00578. The Morgan fingerprint density at radius 3 is 1.64 bits per heavy atom. The molecule has 7 heteroatoms. The van der Waals surface area contributed by atoms with E-state index < -0.39 is 0 Å². The molecule has 1 aliphatic carbocycles. The molecule has 3 unspecified atom stereocenters. The molecule has 3 heterocycles. The van der Waals surface area contributed by atoms with Crippen molar-refractivity contribution in [2.24, 2.45) is 5.92 Å². The lowest BCUT2D eigenvalue weighted by Gasteiger charge is -2.32. The molecule has 1 aromatic carbocycles. The standard InChI is InChI=1S/C26H39B2NO4/c1-23(2)24(3,4)31-27(30-23)19-14-18-15-21(17-12-10-9-11-13-17)29-22(18)16-20(19)28-32-25(5,6)26(7,8)33-28/h9-13,18,21-22,29H,14-16H2,1-8H3. The van der Waals surface area contributed by atoms with Gasteiger partial charge in [-0.3, -0.25) is 0 Å². The second kappa shape index (κ2) is 7.69. The first-order chi connectivity index (χ1) is 15.3. The molecule has 178 valence electrons. The highest BCUT2D eigenvalue weighted by Gasteiger charge is 2.58. The Morgan fingerprint density at radius 2 is 1.15 bits per heavy atom. The van der Waals surface area contributed by atoms with Crippen LogP contribution in [0, 0.1) is 5.92 Å². The third-order valence-electron chi connectivity index (χ3n) is 9.13. The largest absolute Gasteiger partial charge is 0.489 e. The summed E-state index contributed by atoms with van der Waals surface area (Å²) in [6.45, 7) is 17.0. The molecule has 0 aromatic heterocycles. The molecule has 3 saturated heterocycles. The summed E-state index contributed by atoms with van der Waals surface area (Å²) in [6.07, 6.45) is 2.95. The van der Waals surface area contributed by atoms with Crippen molar-refractivity contribution in [1.82, 2.24) is 5.32 Å². The van der Waals surface area contributed by atoms with Crippen LogP contribution in [0.2, 0.25) is 0 Å². The highest BCUT2D eigenvalue weighted by atomic mass is 16.7. The fourth-order valence-electron chi connectivity index (χ4n) is 5.55. The predicted molar refractivity (Wildman–Crippen MR) is 133 cm³/mol. The average Bonchev–Trinajstić information content (AvgIpc) is 3.30. The van der Waals surface area contributed by atoms with Crippen molar-refractivity contribution in [1.29, 1.82) is 0 Å². The number of hydrogen-bond donors (Lipinski definition) is 1. The van der Waals surface area contributed by atoms with Crippen molar-refractivity contribution >= 4 is 14.2 Å². The SMILES string of the molecule is CC1(C)OB(C2=C(B3OC(C)(C)C(C)(C)O3)CC3NC(c4ccccc4)CC3C2)OC1(C)C. The van der Waals surface area contributed by atoms with Gasteiger partial charge in [0.25, 0.3) is 0 Å². The number of rotatable bonds is 3. The van der Waals surface area contributed by atoms with Crippen LogP contribution in [0.25, 0.3) is 0 Å². The molecule has 3 atom stereocenters. The Hall–Kier alpha value is -1.11. The number of allylic oxidation sites excluding steroid dienone is 1. The summed E-state index contributed by atoms with van der Waals surface area (Å²) in [5.41, 5.74) is 2.29. The van der Waals surface area contributed by atoms with Crippen LogP contribution in [0.5, 0.6) is 0 Å². The van der Waals surface area contributed by atoms with Crippen LogP contribution in [-0.2, 0) is 18.6 Å². The van der Waals surface area contributed by atoms with Crippen LogP contribution >= 0.6 is 0 Å². The van der Waals surface area contributed by atoms with E-state index in [1.54, 1.807) is 0 Å². The lowest BCUT2D eigenvalue weighted by atomic mass is 9.57. The second-order valence-corrected chi connectivity index (χ2v) is 12.4. The van der Waals surface area contributed by atoms with E-state index in [4.69, 9.17) is 18.6 Å². The number of benzene rings is 1. The Balaban J connectivity index is 1.47. The van der Waals surface area contributed by atoms with Crippen molar-refractivity contribution in [3.8, 4) is 0 Å². The summed E-state index contributed by atoms with van der Waals surface area (Å²) in [6, 6.07) is 11.6. The molecule has 3 fully saturated rings. The molecule has 33 heavy (non-hydrogen) atoms. The molecule has 0 bridgehead atoms. The summed E-state index contributed by atoms with van der Waals surface area (Å²) in [5.74, 6) is 0.537. The van der Waals surface area contributed by atoms with Gasteiger partial charge in [0.05, 0.1) is 22.4 Å². The van der Waals surface area contributed by atoms with E-state index in [2.05, 4.69) is 91.0 Å². The first kappa shape index (κ1) is 23.6. The topological polar surface area (TPSA) is 49.0 Å². The third-order valence-corrected chi connectivity index (χ3v) is 9.13. The zero-order chi connectivity index (χ0) is 23.8. The zero-order valence-corrected chi connectivity index (χ0v) is 21.5. The molecule has 0 amide bonds. The Morgan fingerprint density at radius 1 is 0.697 bits per heavy atom. The quantitative estimate of drug-likeness (QED) is 0.652. The van der Waals surface area contributed by atoms with Gasteiger partial charge in [-0.25, -0.2) is 0 Å². The number of fused-ring (bicyclic) bond motifs is 1. The summed E-state index contributed by atoms with van der Waals surface area (Å²) >= 11 is 0. The van der Waals surface area contributed by atoms with Gasteiger partial charge in [-0.05, 0) is 97.1 Å². The van der Waals surface area contributed by atoms with E-state index in [9.17, 15) is 0 Å². The number of hydrogen-bond acceptors (Lipinski definition) is 5. The smallest absolute Gasteiger partial charge is 0.400 e. The molecule has 5 rings (SSSR count). The van der Waals surface area contributed by atoms with Crippen molar-refractivity contribution in [3.63, 3.8) is 0 Å². The van der Waals surface area contributed by atoms with E-state index in [1.807, 2.05) is 0 Å². The van der Waals surface area contributed by atoms with Crippen LogP contribution in [0.4, 0.5) is 0 Å². The Bertz CT molecular complexity index is 855. The fraction of sp³-hybridized carbons (Fsp3) is 0.692. The first-order valence-corrected chi connectivity index (χ1v) is 12.5. The summed E-state index contributed by atoms with van der Waals surface area (Å²) in [4.78, 5) is 0. The molecule has 0 saturated carbocycles. The van der Waals surface area contributed by atoms with Gasteiger partial charge in [-0.1, -0.05) is 30.3 Å². The van der Waals surface area contributed by atoms with Gasteiger partial charge in [0.15, 0.2) is 0 Å². The van der Waals surface area contributed by atoms with E-state index in [0.717, 1.165) is 19.3 Å². The summed E-state index contributed by atoms with van der Waals surface area (Å²) in [5, 5.41) is 3.92. The maximum Gasteiger partial charge on any atom is 0.489 e. The van der Waals surface area contributed by atoms with E-state index >= 15 is 0 Å². The molecular formula is C26H39B2NO4. The Kier molecular flexibility index (Phi) is 5.51. The minimum absolute atomic E-state index is 0.360. The van der Waals surface area contributed by atoms with Crippen molar-refractivity contribution in [2.75, 3.05) is 0 Å². The minimum Gasteiger partial charge on any atom is -0.400 e. The van der Waals surface area contributed by atoms with Gasteiger partial charge < -0.3 is 23.9 Å². The first-order valence-electron chi connectivity index (χ1n) is 12.5. The third kappa shape index (κ3) is 3.94. The van der Waals surface area contributed by atoms with Crippen molar-refractivity contribution < 1.29 is 18.6 Å². The van der Waals surface area contributed by atoms with Gasteiger partial charge in [-0.2, -0.15) is 0 Å². The predicted octanol–water partition coefficient (Wildman–Crippen LogP) is 5.06. The van der Waals surface area contributed by atoms with Gasteiger partial charge in [0.1, 0.15) is 0 Å². The molecule has 0 radical (unpaired) electrons. The summed E-state index contributed by atoms with van der Waals surface area (Å²) < 4.78 is 26.2. The van der Waals surface area contributed by atoms with Crippen molar-refractivity contribution in [2.45, 2.75) is 109 Å². The molecule has 1 N–H and O–H groups in total. The van der Waals surface area contributed by atoms with Gasteiger partial charge in [0.2, 0.25) is 0 Å². The van der Waals surface area contributed by atoms with Crippen LogP contribution in [-0.4, -0.2) is 42.7 Å². The molecule has 4 aliphatic rings. The van der Waals surface area contributed by atoms with Gasteiger partial charge in [0, 0.05) is 12.1 Å². The fourth-order valence-corrected chi connectivity index (χ4v) is 5.55. The second-order valence-electron chi connectivity index (χ2n) is 12.4.